The lowest BCUT2D eigenvalue weighted by Gasteiger charge is -2.35. The number of urea groups is 1. The summed E-state index contributed by atoms with van der Waals surface area (Å²) < 4.78 is 58.8. The van der Waals surface area contributed by atoms with Crippen LogP contribution < -0.4 is 25.2 Å². The van der Waals surface area contributed by atoms with Crippen molar-refractivity contribution in [2.24, 2.45) is 0 Å². The van der Waals surface area contributed by atoms with Gasteiger partial charge in [0.05, 0.1) is 18.3 Å². The Morgan fingerprint density at radius 2 is 2.08 bits per heavy atom. The Kier molecular flexibility index (Phi) is 7.36. The molecule has 2 aromatic heterocycles. The molecule has 37 heavy (non-hydrogen) atoms. The Hall–Kier alpha value is -3.72. The molecule has 2 aliphatic heterocycles. The number of fused-ring (bicyclic) bond motifs is 4. The lowest BCUT2D eigenvalue weighted by atomic mass is 10.1. The van der Waals surface area contributed by atoms with Gasteiger partial charge in [-0.05, 0) is 19.4 Å². The van der Waals surface area contributed by atoms with Crippen molar-refractivity contribution in [3.8, 4) is 5.75 Å². The second-order valence-electron chi connectivity index (χ2n) is 8.61. The van der Waals surface area contributed by atoms with Gasteiger partial charge in [-0.1, -0.05) is 0 Å². The number of alkyl halides is 3. The Balaban J connectivity index is 1.59. The highest BCUT2D eigenvalue weighted by Gasteiger charge is 2.42. The lowest BCUT2D eigenvalue weighted by Crippen LogP contribution is -2.49. The topological polar surface area (TPSA) is 140 Å². The second-order valence-corrected chi connectivity index (χ2v) is 8.61. The molecule has 200 valence electrons. The summed E-state index contributed by atoms with van der Waals surface area (Å²) in [5.41, 5.74) is -0.643. The van der Waals surface area contributed by atoms with E-state index < -0.39 is 54.4 Å². The number of nitrogens with zero attached hydrogens (tertiary/aromatic N) is 4. The van der Waals surface area contributed by atoms with E-state index in [4.69, 9.17) is 9.84 Å². The highest BCUT2D eigenvalue weighted by Crippen LogP contribution is 2.40. The lowest BCUT2D eigenvalue weighted by molar-refractivity contribution is -0.149. The van der Waals surface area contributed by atoms with Gasteiger partial charge < -0.3 is 25.2 Å². The number of pyridine rings is 2. The van der Waals surface area contributed by atoms with Crippen LogP contribution in [-0.4, -0.2) is 82.8 Å². The highest BCUT2D eigenvalue weighted by molar-refractivity contribution is 6.05. The van der Waals surface area contributed by atoms with Gasteiger partial charge in [0.25, 0.3) is 5.91 Å². The molecule has 11 nitrogen and oxygen atoms in total. The van der Waals surface area contributed by atoms with Crippen LogP contribution in [0.1, 0.15) is 23.8 Å². The molecule has 0 saturated carbocycles. The third-order valence-corrected chi connectivity index (χ3v) is 5.93. The highest BCUT2D eigenvalue weighted by atomic mass is 19.4. The minimum Gasteiger partial charge on any atom is -0.491 e. The van der Waals surface area contributed by atoms with E-state index in [9.17, 15) is 32.3 Å². The molecule has 15 heteroatoms. The molecule has 2 aromatic rings. The molecule has 0 aromatic carbocycles. The Bertz CT molecular complexity index is 1180. The second kappa shape index (κ2) is 10.3. The van der Waals surface area contributed by atoms with Gasteiger partial charge in [0.2, 0.25) is 0 Å². The number of ether oxygens (including phenoxy) is 1. The normalized spacial score (nSPS) is 18.2. The summed E-state index contributed by atoms with van der Waals surface area (Å²) in [5.74, 6) is -2.23. The zero-order valence-electron chi connectivity index (χ0n) is 19.5. The molecular formula is C22H24F4N6O5. The molecule has 1 saturated heterocycles. The zero-order chi connectivity index (χ0) is 26.9. The van der Waals surface area contributed by atoms with Gasteiger partial charge in [-0.3, -0.25) is 15.0 Å². The molecule has 0 aliphatic carbocycles. The van der Waals surface area contributed by atoms with E-state index >= 15 is 0 Å². The van der Waals surface area contributed by atoms with Gasteiger partial charge in [0, 0.05) is 31.4 Å². The summed E-state index contributed by atoms with van der Waals surface area (Å²) >= 11 is 0. The quantitative estimate of drug-likeness (QED) is 0.398. The van der Waals surface area contributed by atoms with Crippen LogP contribution >= 0.6 is 0 Å². The van der Waals surface area contributed by atoms with Gasteiger partial charge in [0.1, 0.15) is 30.3 Å². The van der Waals surface area contributed by atoms with Crippen molar-refractivity contribution in [3.63, 3.8) is 0 Å². The minimum atomic E-state index is -4.74. The van der Waals surface area contributed by atoms with Gasteiger partial charge >= 0.3 is 12.2 Å². The van der Waals surface area contributed by atoms with E-state index in [1.165, 1.54) is 23.2 Å². The monoisotopic (exact) mass is 528 g/mol. The van der Waals surface area contributed by atoms with Gasteiger partial charge in [-0.25, -0.2) is 19.2 Å². The van der Waals surface area contributed by atoms with Crippen LogP contribution in [0.4, 0.5) is 39.7 Å². The van der Waals surface area contributed by atoms with Crippen LogP contribution in [0, 0.1) is 5.82 Å². The van der Waals surface area contributed by atoms with Crippen LogP contribution in [0.3, 0.4) is 0 Å². The average molecular weight is 528 g/mol. The fraction of sp³-hybridized carbons (Fsp3) is 0.455. The van der Waals surface area contributed by atoms with Gasteiger partial charge in [-0.2, -0.15) is 13.2 Å². The number of aliphatic hydroxyl groups excluding tert-OH is 2. The summed E-state index contributed by atoms with van der Waals surface area (Å²) in [4.78, 5) is 36.7. The van der Waals surface area contributed by atoms with E-state index in [2.05, 4.69) is 15.3 Å². The van der Waals surface area contributed by atoms with E-state index in [0.29, 0.717) is 19.5 Å². The van der Waals surface area contributed by atoms with E-state index in [1.807, 2.05) is 0 Å². The molecule has 3 amide bonds. The largest absolute Gasteiger partial charge is 0.491 e. The third-order valence-electron chi connectivity index (χ3n) is 5.93. The number of rotatable bonds is 7. The molecular weight excluding hydrogens is 504 g/mol. The molecule has 4 N–H and O–H groups in total. The molecule has 2 aliphatic rings. The van der Waals surface area contributed by atoms with Crippen LogP contribution in [0.2, 0.25) is 0 Å². The smallest absolute Gasteiger partial charge is 0.408 e. The number of nitrogens with one attached hydrogen (secondary N) is 2. The zero-order valence-corrected chi connectivity index (χ0v) is 19.5. The molecule has 0 spiro atoms. The van der Waals surface area contributed by atoms with Crippen LogP contribution in [0.5, 0.6) is 5.75 Å². The summed E-state index contributed by atoms with van der Waals surface area (Å²) in [7, 11) is 0. The number of aromatic nitrogens is 2. The standard InChI is InChI=1S/C22H24F4N6O5/c1-11(22(24,25)26)28-20(35)18-15(23)7-16-19(30-18)32(12-3-5-31(16)8-12)21(36)29-17-6-14(2-4-27-17)37-10-13(34)9-33/h2,4,6-7,11-13,33-34H,3,5,8-10H2,1H3,(H,28,35)(H,27,29,36)/t11-,12+,13-/m1/s1. The molecule has 0 radical (unpaired) electrons. The molecule has 1 fully saturated rings. The number of carbonyl (C=O) groups is 2. The van der Waals surface area contributed by atoms with Crippen LogP contribution in [-0.2, 0) is 0 Å². The number of amides is 3. The predicted molar refractivity (Wildman–Crippen MR) is 122 cm³/mol. The first-order valence-electron chi connectivity index (χ1n) is 11.3. The Labute approximate surface area is 208 Å². The summed E-state index contributed by atoms with van der Waals surface area (Å²) in [6.45, 7) is 0.875. The van der Waals surface area contributed by atoms with Gasteiger partial charge in [-0.15, -0.1) is 0 Å². The van der Waals surface area contributed by atoms with Crippen LogP contribution in [0.25, 0.3) is 0 Å². The van der Waals surface area contributed by atoms with Crippen molar-refractivity contribution in [2.45, 2.75) is 37.7 Å². The number of hydrogen-bond donors (Lipinski definition) is 4. The maximum atomic E-state index is 14.8. The summed E-state index contributed by atoms with van der Waals surface area (Å²) in [6, 6.07) is 0.495. The predicted octanol–water partition coefficient (Wildman–Crippen LogP) is 1.66. The van der Waals surface area contributed by atoms with Crippen molar-refractivity contribution in [1.29, 1.82) is 0 Å². The van der Waals surface area contributed by atoms with Crippen LogP contribution in [0.15, 0.2) is 24.4 Å². The third kappa shape index (κ3) is 5.67. The van der Waals surface area contributed by atoms with Crippen molar-refractivity contribution < 1.29 is 42.1 Å². The maximum Gasteiger partial charge on any atom is 0.408 e. The SMILES string of the molecule is C[C@@H](NC(=O)c1nc2c(cc1F)N1CC[C@@H](C1)N2C(=O)Nc1cc(OC[C@H](O)CO)ccn1)C(F)(F)F. The van der Waals surface area contributed by atoms with E-state index in [0.717, 1.165) is 13.0 Å². The number of halogens is 4. The number of anilines is 3. The maximum absolute atomic E-state index is 14.8. The van der Waals surface area contributed by atoms with Crippen molar-refractivity contribution in [1.82, 2.24) is 15.3 Å². The number of aliphatic hydroxyl groups is 2. The van der Waals surface area contributed by atoms with E-state index in [1.54, 1.807) is 10.2 Å². The van der Waals surface area contributed by atoms with Gasteiger partial charge in [0.15, 0.2) is 17.3 Å². The molecule has 3 atom stereocenters. The molecule has 4 rings (SSSR count). The Morgan fingerprint density at radius 3 is 2.78 bits per heavy atom. The molecule has 0 unspecified atom stereocenters. The minimum absolute atomic E-state index is 0.0713. The summed E-state index contributed by atoms with van der Waals surface area (Å²) in [5, 5.41) is 22.6. The first-order valence-corrected chi connectivity index (χ1v) is 11.3. The van der Waals surface area contributed by atoms with Crippen molar-refractivity contribution >= 4 is 29.3 Å². The average Bonchev–Trinajstić information content (AvgIpc) is 3.26. The first kappa shape index (κ1) is 26.3. The van der Waals surface area contributed by atoms with E-state index in [-0.39, 0.29) is 29.7 Å². The molecule has 2 bridgehead atoms. The molecule has 4 heterocycles. The number of hydrogen-bond acceptors (Lipinski definition) is 8. The Morgan fingerprint density at radius 1 is 1.32 bits per heavy atom. The fourth-order valence-electron chi connectivity index (χ4n) is 3.98. The van der Waals surface area contributed by atoms with Crippen molar-refractivity contribution in [2.75, 3.05) is 41.4 Å². The summed E-state index contributed by atoms with van der Waals surface area (Å²) in [6.07, 6.45) is -3.99. The number of carbonyl (C=O) groups excluding carboxylic acids is 2. The van der Waals surface area contributed by atoms with Crippen molar-refractivity contribution in [3.05, 3.63) is 35.9 Å². The fourth-order valence-corrected chi connectivity index (χ4v) is 3.98. The first-order chi connectivity index (χ1) is 17.5.